The van der Waals surface area contributed by atoms with E-state index in [4.69, 9.17) is 5.11 Å². The molecule has 1 fully saturated rings. The maximum atomic E-state index is 11.2. The van der Waals surface area contributed by atoms with Crippen molar-refractivity contribution in [3.05, 3.63) is 17.8 Å². The second-order valence-electron chi connectivity index (χ2n) is 4.36. The molecule has 2 rings (SSSR count). The predicted octanol–water partition coefficient (Wildman–Crippen LogP) is 0.707. The molecule has 2 heterocycles. The summed E-state index contributed by atoms with van der Waals surface area (Å²) in [5.74, 6) is -0.769. The second kappa shape index (κ2) is 5.64. The van der Waals surface area contributed by atoms with Crippen molar-refractivity contribution in [3.8, 4) is 0 Å². The first-order valence-corrected chi connectivity index (χ1v) is 6.02. The van der Waals surface area contributed by atoms with Gasteiger partial charge in [-0.2, -0.15) is 0 Å². The first-order chi connectivity index (χ1) is 9.11. The molecule has 1 aliphatic rings. The van der Waals surface area contributed by atoms with Gasteiger partial charge in [0.05, 0.1) is 13.5 Å². The number of hydrogen-bond donors (Lipinski definition) is 1. The molecule has 0 spiro atoms. The van der Waals surface area contributed by atoms with Crippen molar-refractivity contribution < 1.29 is 19.4 Å². The summed E-state index contributed by atoms with van der Waals surface area (Å²) in [5.41, 5.74) is 0.139. The molecule has 1 saturated heterocycles. The number of rotatable bonds is 4. The second-order valence-corrected chi connectivity index (χ2v) is 4.36. The molecular weight excluding hydrogens is 250 g/mol. The zero-order chi connectivity index (χ0) is 13.8. The molecule has 0 radical (unpaired) electrons. The van der Waals surface area contributed by atoms with E-state index in [0.717, 1.165) is 19.4 Å². The Kier molecular flexibility index (Phi) is 3.94. The number of carboxylic acids is 1. The van der Waals surface area contributed by atoms with Crippen LogP contribution in [0.2, 0.25) is 0 Å². The standard InChI is InChI=1S/C12H15N3O4/c1-19-12(18)9-4-5-10(14-13-9)15-6-2-3-8(15)7-11(16)17/h4-5,8H,2-3,6-7H2,1H3,(H,16,17). The van der Waals surface area contributed by atoms with Crippen LogP contribution in [0.3, 0.4) is 0 Å². The number of methoxy groups -OCH3 is 1. The molecule has 0 aliphatic carbocycles. The van der Waals surface area contributed by atoms with Crippen molar-refractivity contribution in [2.75, 3.05) is 18.6 Å². The molecule has 19 heavy (non-hydrogen) atoms. The monoisotopic (exact) mass is 265 g/mol. The molecule has 102 valence electrons. The van der Waals surface area contributed by atoms with Crippen molar-refractivity contribution in [2.24, 2.45) is 0 Å². The number of nitrogens with zero attached hydrogens (tertiary/aromatic N) is 3. The lowest BCUT2D eigenvalue weighted by atomic mass is 10.1. The van der Waals surface area contributed by atoms with Crippen molar-refractivity contribution >= 4 is 17.8 Å². The van der Waals surface area contributed by atoms with Crippen LogP contribution >= 0.6 is 0 Å². The third kappa shape index (κ3) is 2.98. The first-order valence-electron chi connectivity index (χ1n) is 6.02. The summed E-state index contributed by atoms with van der Waals surface area (Å²) in [6.07, 6.45) is 1.84. The highest BCUT2D eigenvalue weighted by atomic mass is 16.5. The van der Waals surface area contributed by atoms with Gasteiger partial charge in [0, 0.05) is 12.6 Å². The Labute approximate surface area is 110 Å². The SMILES string of the molecule is COC(=O)c1ccc(N2CCCC2CC(=O)O)nn1. The van der Waals surface area contributed by atoms with Gasteiger partial charge < -0.3 is 14.7 Å². The van der Waals surface area contributed by atoms with E-state index < -0.39 is 11.9 Å². The number of anilines is 1. The Balaban J connectivity index is 2.12. The predicted molar refractivity (Wildman–Crippen MR) is 66.0 cm³/mol. The van der Waals surface area contributed by atoms with Gasteiger partial charge in [0.2, 0.25) is 0 Å². The average molecular weight is 265 g/mol. The lowest BCUT2D eigenvalue weighted by Gasteiger charge is -2.23. The lowest BCUT2D eigenvalue weighted by molar-refractivity contribution is -0.137. The smallest absolute Gasteiger partial charge is 0.358 e. The summed E-state index contributed by atoms with van der Waals surface area (Å²) in [7, 11) is 1.28. The van der Waals surface area contributed by atoms with Crippen LogP contribution in [-0.2, 0) is 9.53 Å². The summed E-state index contributed by atoms with van der Waals surface area (Å²) in [4.78, 5) is 23.9. The third-order valence-electron chi connectivity index (χ3n) is 3.13. The molecule has 1 atom stereocenters. The van der Waals surface area contributed by atoms with E-state index in [1.807, 2.05) is 4.90 Å². The third-order valence-corrected chi connectivity index (χ3v) is 3.13. The van der Waals surface area contributed by atoms with Gasteiger partial charge >= 0.3 is 11.9 Å². The largest absolute Gasteiger partial charge is 0.481 e. The van der Waals surface area contributed by atoms with Crippen LogP contribution in [0.1, 0.15) is 29.8 Å². The minimum atomic E-state index is -0.823. The minimum absolute atomic E-state index is 0.0595. The van der Waals surface area contributed by atoms with Crippen LogP contribution in [0.25, 0.3) is 0 Å². The maximum absolute atomic E-state index is 11.2. The lowest BCUT2D eigenvalue weighted by Crippen LogP contribution is -2.32. The Hall–Kier alpha value is -2.18. The average Bonchev–Trinajstić information content (AvgIpc) is 2.85. The first kappa shape index (κ1) is 13.3. The van der Waals surface area contributed by atoms with E-state index in [1.165, 1.54) is 13.2 Å². The molecule has 1 unspecified atom stereocenters. The van der Waals surface area contributed by atoms with Crippen LogP contribution in [0, 0.1) is 0 Å². The maximum Gasteiger partial charge on any atom is 0.358 e. The summed E-state index contributed by atoms with van der Waals surface area (Å²) in [6.45, 7) is 0.754. The van der Waals surface area contributed by atoms with Gasteiger partial charge in [0.15, 0.2) is 11.5 Å². The van der Waals surface area contributed by atoms with Crippen LogP contribution in [0.15, 0.2) is 12.1 Å². The highest BCUT2D eigenvalue weighted by Gasteiger charge is 2.28. The molecule has 1 aromatic heterocycles. The van der Waals surface area contributed by atoms with Crippen molar-refractivity contribution in [1.82, 2.24) is 10.2 Å². The number of aliphatic carboxylic acids is 1. The van der Waals surface area contributed by atoms with Gasteiger partial charge in [0.25, 0.3) is 0 Å². The number of carboxylic acid groups (broad SMARTS) is 1. The summed E-state index contributed by atoms with van der Waals surface area (Å²) >= 11 is 0. The number of carbonyl (C=O) groups excluding carboxylic acids is 1. The highest BCUT2D eigenvalue weighted by molar-refractivity contribution is 5.87. The molecule has 7 nitrogen and oxygen atoms in total. The summed E-state index contributed by atoms with van der Waals surface area (Å²) in [6, 6.07) is 3.14. The van der Waals surface area contributed by atoms with Crippen molar-refractivity contribution in [3.63, 3.8) is 0 Å². The van der Waals surface area contributed by atoms with E-state index in [2.05, 4.69) is 14.9 Å². The van der Waals surface area contributed by atoms with Gasteiger partial charge in [0.1, 0.15) is 0 Å². The molecule has 1 aliphatic heterocycles. The van der Waals surface area contributed by atoms with E-state index >= 15 is 0 Å². The zero-order valence-electron chi connectivity index (χ0n) is 10.6. The van der Waals surface area contributed by atoms with Gasteiger partial charge in [-0.05, 0) is 25.0 Å². The molecule has 1 aromatic rings. The van der Waals surface area contributed by atoms with Crippen LogP contribution in [0.5, 0.6) is 0 Å². The highest BCUT2D eigenvalue weighted by Crippen LogP contribution is 2.25. The van der Waals surface area contributed by atoms with E-state index in [1.54, 1.807) is 6.07 Å². The summed E-state index contributed by atoms with van der Waals surface area (Å²) < 4.78 is 4.54. The number of carbonyl (C=O) groups is 2. The van der Waals surface area contributed by atoms with Crippen LogP contribution in [0.4, 0.5) is 5.82 Å². The molecule has 0 bridgehead atoms. The van der Waals surface area contributed by atoms with Crippen molar-refractivity contribution in [1.29, 1.82) is 0 Å². The fourth-order valence-corrected chi connectivity index (χ4v) is 2.24. The van der Waals surface area contributed by atoms with Gasteiger partial charge in [-0.25, -0.2) is 4.79 Å². The van der Waals surface area contributed by atoms with E-state index in [9.17, 15) is 9.59 Å². The van der Waals surface area contributed by atoms with E-state index in [0.29, 0.717) is 5.82 Å². The topological polar surface area (TPSA) is 92.6 Å². The van der Waals surface area contributed by atoms with Gasteiger partial charge in [-0.15, -0.1) is 10.2 Å². The fourth-order valence-electron chi connectivity index (χ4n) is 2.24. The quantitative estimate of drug-likeness (QED) is 0.801. The summed E-state index contributed by atoms with van der Waals surface area (Å²) in [5, 5.41) is 16.6. The molecular formula is C12H15N3O4. The van der Waals surface area contributed by atoms with Gasteiger partial charge in [-0.3, -0.25) is 4.79 Å². The fraction of sp³-hybridized carbons (Fsp3) is 0.500. The number of ether oxygens (including phenoxy) is 1. The zero-order valence-corrected chi connectivity index (χ0v) is 10.6. The Morgan fingerprint density at radius 3 is 2.84 bits per heavy atom. The van der Waals surface area contributed by atoms with E-state index in [-0.39, 0.29) is 18.2 Å². The number of esters is 1. The number of hydrogen-bond acceptors (Lipinski definition) is 6. The Bertz CT molecular complexity index is 474. The van der Waals surface area contributed by atoms with Crippen LogP contribution in [-0.4, -0.2) is 46.9 Å². The Morgan fingerprint density at radius 1 is 1.47 bits per heavy atom. The molecule has 0 amide bonds. The molecule has 7 heteroatoms. The van der Waals surface area contributed by atoms with Gasteiger partial charge in [-0.1, -0.05) is 0 Å². The minimum Gasteiger partial charge on any atom is -0.481 e. The molecule has 1 N–H and O–H groups in total. The Morgan fingerprint density at radius 2 is 2.26 bits per heavy atom. The van der Waals surface area contributed by atoms with Crippen molar-refractivity contribution in [2.45, 2.75) is 25.3 Å². The number of aromatic nitrogens is 2. The van der Waals surface area contributed by atoms with Crippen LogP contribution < -0.4 is 4.90 Å². The molecule has 0 aromatic carbocycles. The normalized spacial score (nSPS) is 18.4. The molecule has 0 saturated carbocycles.